The van der Waals surface area contributed by atoms with Crippen LogP contribution in [0.4, 0.5) is 5.82 Å². The molecule has 5 nitrogen and oxygen atoms in total. The number of aromatic nitrogens is 2. The number of hydrogen-bond acceptors (Lipinski definition) is 4. The van der Waals surface area contributed by atoms with Crippen LogP contribution < -0.4 is 10.6 Å². The fourth-order valence-corrected chi connectivity index (χ4v) is 1.32. The van der Waals surface area contributed by atoms with Gasteiger partial charge in [-0.05, 0) is 6.07 Å². The molecule has 2 rings (SSSR count). The van der Waals surface area contributed by atoms with Crippen LogP contribution in [-0.4, -0.2) is 29.0 Å². The number of nitrogens with zero attached hydrogens (tertiary/aromatic N) is 3. The normalized spacial score (nSPS) is 16.8. The van der Waals surface area contributed by atoms with Gasteiger partial charge in [0.15, 0.2) is 0 Å². The molecule has 1 aliphatic heterocycles. The summed E-state index contributed by atoms with van der Waals surface area (Å²) in [6.07, 6.45) is 3.17. The third kappa shape index (κ3) is 1.44. The fraction of sp³-hybridized carbons (Fsp3) is 0.375. The number of rotatable bonds is 2. The molecule has 0 spiro atoms. The predicted octanol–water partition coefficient (Wildman–Crippen LogP) is -0.602. The first-order valence-electron chi connectivity index (χ1n) is 4.07. The third-order valence-corrected chi connectivity index (χ3v) is 2.17. The van der Waals surface area contributed by atoms with E-state index in [9.17, 15) is 4.79 Å². The molecular formula is C8H10N4O. The third-order valence-electron chi connectivity index (χ3n) is 2.17. The molecule has 1 aliphatic rings. The standard InChI is InChI=1S/C8H10N4O/c9-8(13)6-3-12(4-6)7-1-2-10-5-11-7/h1-2,5-6H,3-4H2,(H2,9,13). The number of carbonyl (C=O) groups is 1. The van der Waals surface area contributed by atoms with Crippen molar-refractivity contribution in [3.8, 4) is 0 Å². The number of amides is 1. The summed E-state index contributed by atoms with van der Waals surface area (Å²) in [6.45, 7) is 1.35. The highest BCUT2D eigenvalue weighted by Gasteiger charge is 2.31. The van der Waals surface area contributed by atoms with E-state index in [-0.39, 0.29) is 11.8 Å². The zero-order valence-corrected chi connectivity index (χ0v) is 7.05. The van der Waals surface area contributed by atoms with Gasteiger partial charge in [-0.15, -0.1) is 0 Å². The lowest BCUT2D eigenvalue weighted by molar-refractivity contribution is -0.122. The first-order chi connectivity index (χ1) is 6.27. The average molecular weight is 178 g/mol. The maximum Gasteiger partial charge on any atom is 0.224 e. The van der Waals surface area contributed by atoms with E-state index in [0.717, 1.165) is 5.82 Å². The summed E-state index contributed by atoms with van der Waals surface area (Å²) in [5.74, 6) is 0.604. The van der Waals surface area contributed by atoms with Crippen LogP contribution in [0.5, 0.6) is 0 Å². The molecule has 0 unspecified atom stereocenters. The van der Waals surface area contributed by atoms with Crippen molar-refractivity contribution in [1.82, 2.24) is 9.97 Å². The second-order valence-corrected chi connectivity index (χ2v) is 3.07. The summed E-state index contributed by atoms with van der Waals surface area (Å²) in [5, 5.41) is 0. The lowest BCUT2D eigenvalue weighted by Crippen LogP contribution is -2.52. The molecule has 0 bridgehead atoms. The minimum Gasteiger partial charge on any atom is -0.369 e. The Morgan fingerprint density at radius 1 is 1.62 bits per heavy atom. The van der Waals surface area contributed by atoms with Gasteiger partial charge in [0.05, 0.1) is 5.92 Å². The minimum absolute atomic E-state index is 0.0186. The van der Waals surface area contributed by atoms with Crippen molar-refractivity contribution in [1.29, 1.82) is 0 Å². The number of carbonyl (C=O) groups excluding carboxylic acids is 1. The van der Waals surface area contributed by atoms with E-state index in [4.69, 9.17) is 5.73 Å². The lowest BCUT2D eigenvalue weighted by Gasteiger charge is -2.37. The maximum absolute atomic E-state index is 10.7. The molecule has 13 heavy (non-hydrogen) atoms. The van der Waals surface area contributed by atoms with Crippen molar-refractivity contribution >= 4 is 11.7 Å². The molecule has 1 amide bonds. The molecule has 0 aliphatic carbocycles. The van der Waals surface area contributed by atoms with Crippen molar-refractivity contribution < 1.29 is 4.79 Å². The van der Waals surface area contributed by atoms with Gasteiger partial charge < -0.3 is 10.6 Å². The van der Waals surface area contributed by atoms with Crippen LogP contribution in [0.1, 0.15) is 0 Å². The average Bonchev–Trinajstić information content (AvgIpc) is 2.02. The summed E-state index contributed by atoms with van der Waals surface area (Å²) in [5.41, 5.74) is 5.14. The Kier molecular flexibility index (Phi) is 1.84. The SMILES string of the molecule is NC(=O)C1CN(c2ccncn2)C1. The Hall–Kier alpha value is -1.65. The monoisotopic (exact) mass is 178 g/mol. The van der Waals surface area contributed by atoms with E-state index in [0.29, 0.717) is 13.1 Å². The summed E-state index contributed by atoms with van der Waals surface area (Å²) in [6, 6.07) is 1.82. The van der Waals surface area contributed by atoms with Gasteiger partial charge in [0.2, 0.25) is 5.91 Å². The Labute approximate surface area is 75.6 Å². The highest BCUT2D eigenvalue weighted by atomic mass is 16.1. The molecular weight excluding hydrogens is 168 g/mol. The fourth-order valence-electron chi connectivity index (χ4n) is 1.32. The first kappa shape index (κ1) is 7.97. The zero-order chi connectivity index (χ0) is 9.26. The van der Waals surface area contributed by atoms with Gasteiger partial charge >= 0.3 is 0 Å². The Bertz CT molecular complexity index is 307. The zero-order valence-electron chi connectivity index (χ0n) is 7.05. The van der Waals surface area contributed by atoms with Gasteiger partial charge in [0, 0.05) is 19.3 Å². The van der Waals surface area contributed by atoms with Gasteiger partial charge in [-0.2, -0.15) is 0 Å². The minimum atomic E-state index is -0.231. The van der Waals surface area contributed by atoms with Crippen LogP contribution in [-0.2, 0) is 4.79 Å². The number of nitrogens with two attached hydrogens (primary N) is 1. The van der Waals surface area contributed by atoms with E-state index >= 15 is 0 Å². The van der Waals surface area contributed by atoms with Crippen molar-refractivity contribution in [2.75, 3.05) is 18.0 Å². The quantitative estimate of drug-likeness (QED) is 0.656. The number of anilines is 1. The molecule has 1 fully saturated rings. The van der Waals surface area contributed by atoms with E-state index in [1.54, 1.807) is 6.20 Å². The topological polar surface area (TPSA) is 72.1 Å². The molecule has 2 N–H and O–H groups in total. The van der Waals surface area contributed by atoms with Crippen LogP contribution >= 0.6 is 0 Å². The summed E-state index contributed by atoms with van der Waals surface area (Å²) >= 11 is 0. The van der Waals surface area contributed by atoms with Crippen LogP contribution in [0.2, 0.25) is 0 Å². The van der Waals surface area contributed by atoms with Gasteiger partial charge in [-0.25, -0.2) is 9.97 Å². The van der Waals surface area contributed by atoms with Crippen molar-refractivity contribution in [3.05, 3.63) is 18.6 Å². The molecule has 0 saturated carbocycles. The van der Waals surface area contributed by atoms with Gasteiger partial charge in [-0.3, -0.25) is 4.79 Å². The molecule has 1 aromatic heterocycles. The molecule has 1 aromatic rings. The Morgan fingerprint density at radius 3 is 2.92 bits per heavy atom. The maximum atomic E-state index is 10.7. The Balaban J connectivity index is 1.98. The van der Waals surface area contributed by atoms with Crippen LogP contribution in [0, 0.1) is 5.92 Å². The number of primary amides is 1. The van der Waals surface area contributed by atoms with Crippen LogP contribution in [0.25, 0.3) is 0 Å². The molecule has 0 atom stereocenters. The van der Waals surface area contributed by atoms with E-state index in [2.05, 4.69) is 9.97 Å². The van der Waals surface area contributed by atoms with Crippen molar-refractivity contribution in [2.45, 2.75) is 0 Å². The summed E-state index contributed by atoms with van der Waals surface area (Å²) in [4.78, 5) is 20.6. The molecule has 0 radical (unpaired) electrons. The van der Waals surface area contributed by atoms with Gasteiger partial charge in [0.1, 0.15) is 12.1 Å². The predicted molar refractivity (Wildman–Crippen MR) is 46.9 cm³/mol. The first-order valence-corrected chi connectivity index (χ1v) is 4.07. The second kappa shape index (κ2) is 3.01. The summed E-state index contributed by atoms with van der Waals surface area (Å²) < 4.78 is 0. The van der Waals surface area contributed by atoms with E-state index in [1.165, 1.54) is 6.33 Å². The van der Waals surface area contributed by atoms with Crippen LogP contribution in [0.3, 0.4) is 0 Å². The number of hydrogen-bond donors (Lipinski definition) is 1. The smallest absolute Gasteiger partial charge is 0.224 e. The van der Waals surface area contributed by atoms with Crippen molar-refractivity contribution in [3.63, 3.8) is 0 Å². The largest absolute Gasteiger partial charge is 0.369 e. The van der Waals surface area contributed by atoms with Crippen LogP contribution in [0.15, 0.2) is 18.6 Å². The molecule has 68 valence electrons. The van der Waals surface area contributed by atoms with Crippen molar-refractivity contribution in [2.24, 2.45) is 11.7 Å². The van der Waals surface area contributed by atoms with E-state index < -0.39 is 0 Å². The highest BCUT2D eigenvalue weighted by molar-refractivity contribution is 5.79. The van der Waals surface area contributed by atoms with E-state index in [1.807, 2.05) is 11.0 Å². The lowest BCUT2D eigenvalue weighted by atomic mass is 10.00. The molecule has 5 heteroatoms. The summed E-state index contributed by atoms with van der Waals surface area (Å²) in [7, 11) is 0. The highest BCUT2D eigenvalue weighted by Crippen LogP contribution is 2.20. The second-order valence-electron chi connectivity index (χ2n) is 3.07. The van der Waals surface area contributed by atoms with Gasteiger partial charge in [0.25, 0.3) is 0 Å². The van der Waals surface area contributed by atoms with Gasteiger partial charge in [-0.1, -0.05) is 0 Å². The molecule has 2 heterocycles. The molecule has 0 aromatic carbocycles. The Morgan fingerprint density at radius 2 is 2.38 bits per heavy atom. The molecule has 1 saturated heterocycles.